The quantitative estimate of drug-likeness (QED) is 0.283. The summed E-state index contributed by atoms with van der Waals surface area (Å²) in [4.78, 5) is 0. The van der Waals surface area contributed by atoms with Gasteiger partial charge in [-0.2, -0.15) is 26.3 Å². The van der Waals surface area contributed by atoms with Crippen molar-refractivity contribution in [3.05, 3.63) is 59.7 Å². The highest BCUT2D eigenvalue weighted by molar-refractivity contribution is 5.47. The van der Waals surface area contributed by atoms with Crippen molar-refractivity contribution in [2.24, 2.45) is 0 Å². The fourth-order valence-corrected chi connectivity index (χ4v) is 3.47. The van der Waals surface area contributed by atoms with E-state index in [-0.39, 0.29) is 11.5 Å². The number of benzene rings is 2. The molecule has 0 aromatic heterocycles. The van der Waals surface area contributed by atoms with Crippen molar-refractivity contribution in [2.45, 2.75) is 58.0 Å². The Balaban J connectivity index is 2.53. The second-order valence-corrected chi connectivity index (χ2v) is 7.08. The van der Waals surface area contributed by atoms with Crippen molar-refractivity contribution in [3.63, 3.8) is 0 Å². The van der Waals surface area contributed by atoms with Crippen LogP contribution in [0.5, 0.6) is 11.5 Å². The molecule has 0 amide bonds. The fourth-order valence-electron chi connectivity index (χ4n) is 3.47. The molecule has 184 valence electrons. The minimum absolute atomic E-state index is 0.0756. The normalized spacial score (nSPS) is 14.6. The summed E-state index contributed by atoms with van der Waals surface area (Å²) in [6.45, 7) is 7.21. The molecular formula is C23H26F6O4. The highest BCUT2D eigenvalue weighted by Gasteiger charge is 2.72. The summed E-state index contributed by atoms with van der Waals surface area (Å²) < 4.78 is 107. The zero-order chi connectivity index (χ0) is 24.9. The van der Waals surface area contributed by atoms with Gasteiger partial charge in [0.1, 0.15) is 11.5 Å². The maximum absolute atomic E-state index is 14.2. The summed E-state index contributed by atoms with van der Waals surface area (Å²) in [6, 6.07) is 7.26. The van der Waals surface area contributed by atoms with E-state index in [1.54, 1.807) is 27.7 Å². The molecule has 0 aliphatic rings. The van der Waals surface area contributed by atoms with Crippen LogP contribution in [0.2, 0.25) is 0 Å². The summed E-state index contributed by atoms with van der Waals surface area (Å²) in [5, 5.41) is 0. The van der Waals surface area contributed by atoms with E-state index in [1.807, 2.05) is 0 Å². The highest BCUT2D eigenvalue weighted by atomic mass is 19.4. The Kier molecular flexibility index (Phi) is 8.64. The van der Waals surface area contributed by atoms with Crippen molar-refractivity contribution in [3.8, 4) is 11.5 Å². The SMILES string of the molecule is CCOC(C)Oc1ccc(C(c2ccc(OC(C)OCC)cc2)(C(F)(F)F)C(F)(F)F)cc1. The van der Waals surface area contributed by atoms with E-state index in [2.05, 4.69) is 0 Å². The van der Waals surface area contributed by atoms with E-state index in [1.165, 1.54) is 0 Å². The van der Waals surface area contributed by atoms with Crippen LogP contribution < -0.4 is 9.47 Å². The van der Waals surface area contributed by atoms with Gasteiger partial charge in [-0.15, -0.1) is 0 Å². The summed E-state index contributed by atoms with van der Waals surface area (Å²) in [5.41, 5.74) is -6.24. The van der Waals surface area contributed by atoms with Crippen molar-refractivity contribution in [1.82, 2.24) is 0 Å². The standard InChI is InChI=1S/C23H26F6O4/c1-5-30-15(3)32-19-11-7-17(8-12-19)21(22(24,25)26,23(27,28)29)18-9-13-20(14-10-18)33-16(4)31-6-2/h7-16H,5-6H2,1-4H3. The lowest BCUT2D eigenvalue weighted by atomic mass is 9.73. The molecule has 33 heavy (non-hydrogen) atoms. The maximum atomic E-state index is 14.2. The third kappa shape index (κ3) is 5.92. The first-order valence-corrected chi connectivity index (χ1v) is 10.3. The molecule has 4 nitrogen and oxygen atoms in total. The first-order chi connectivity index (χ1) is 15.4. The number of hydrogen-bond acceptors (Lipinski definition) is 4. The van der Waals surface area contributed by atoms with E-state index < -0.39 is 41.5 Å². The third-order valence-electron chi connectivity index (χ3n) is 4.83. The Bertz CT molecular complexity index is 789. The van der Waals surface area contributed by atoms with Crippen LogP contribution in [-0.2, 0) is 14.9 Å². The molecule has 0 spiro atoms. The number of hydrogen-bond donors (Lipinski definition) is 0. The van der Waals surface area contributed by atoms with Gasteiger partial charge in [-0.1, -0.05) is 24.3 Å². The largest absolute Gasteiger partial charge is 0.465 e. The van der Waals surface area contributed by atoms with E-state index in [4.69, 9.17) is 18.9 Å². The predicted octanol–water partition coefficient (Wildman–Crippen LogP) is 6.62. The van der Waals surface area contributed by atoms with Crippen LogP contribution in [-0.4, -0.2) is 38.1 Å². The van der Waals surface area contributed by atoms with Crippen LogP contribution in [0.15, 0.2) is 48.5 Å². The minimum Gasteiger partial charge on any atom is -0.465 e. The lowest BCUT2D eigenvalue weighted by Gasteiger charge is -2.38. The molecule has 0 aliphatic carbocycles. The van der Waals surface area contributed by atoms with Gasteiger partial charge in [0.05, 0.1) is 0 Å². The van der Waals surface area contributed by atoms with E-state index in [0.717, 1.165) is 48.5 Å². The first kappa shape index (κ1) is 26.8. The van der Waals surface area contributed by atoms with Gasteiger partial charge in [0.25, 0.3) is 0 Å². The Morgan fingerprint density at radius 1 is 0.606 bits per heavy atom. The Morgan fingerprint density at radius 2 is 0.909 bits per heavy atom. The highest BCUT2D eigenvalue weighted by Crippen LogP contribution is 2.56. The second kappa shape index (κ2) is 10.6. The van der Waals surface area contributed by atoms with Gasteiger partial charge in [-0.05, 0) is 63.1 Å². The molecule has 2 unspecified atom stereocenters. The molecule has 0 radical (unpaired) electrons. The predicted molar refractivity (Wildman–Crippen MR) is 109 cm³/mol. The second-order valence-electron chi connectivity index (χ2n) is 7.08. The van der Waals surface area contributed by atoms with Gasteiger partial charge in [0.15, 0.2) is 12.6 Å². The smallest absolute Gasteiger partial charge is 0.411 e. The molecule has 0 aliphatic heterocycles. The lowest BCUT2D eigenvalue weighted by Crippen LogP contribution is -2.54. The maximum Gasteiger partial charge on any atom is 0.411 e. The molecule has 0 fully saturated rings. The number of ether oxygens (including phenoxy) is 4. The Hall–Kier alpha value is -2.46. The summed E-state index contributed by atoms with van der Waals surface area (Å²) in [7, 11) is 0. The van der Waals surface area contributed by atoms with Crippen molar-refractivity contribution < 1.29 is 45.3 Å². The van der Waals surface area contributed by atoms with Gasteiger partial charge in [0.2, 0.25) is 5.41 Å². The van der Waals surface area contributed by atoms with Gasteiger partial charge in [-0.25, -0.2) is 0 Å². The lowest BCUT2D eigenvalue weighted by molar-refractivity contribution is -0.288. The van der Waals surface area contributed by atoms with Crippen LogP contribution in [0.4, 0.5) is 26.3 Å². The van der Waals surface area contributed by atoms with E-state index >= 15 is 0 Å². The first-order valence-electron chi connectivity index (χ1n) is 10.3. The average molecular weight is 480 g/mol. The van der Waals surface area contributed by atoms with Gasteiger partial charge in [0, 0.05) is 13.2 Å². The van der Waals surface area contributed by atoms with E-state index in [9.17, 15) is 26.3 Å². The Morgan fingerprint density at radius 3 is 1.15 bits per heavy atom. The molecule has 2 atom stereocenters. The monoisotopic (exact) mass is 480 g/mol. The summed E-state index contributed by atoms with van der Waals surface area (Å²) in [6.07, 6.45) is -12.8. The molecule has 10 heteroatoms. The summed E-state index contributed by atoms with van der Waals surface area (Å²) in [5.74, 6) is 0.151. The average Bonchev–Trinajstić information content (AvgIpc) is 2.69. The molecule has 2 aromatic rings. The van der Waals surface area contributed by atoms with Crippen molar-refractivity contribution in [2.75, 3.05) is 13.2 Å². The van der Waals surface area contributed by atoms with Crippen LogP contribution in [0.25, 0.3) is 0 Å². The molecule has 2 rings (SSSR count). The molecule has 2 aromatic carbocycles. The third-order valence-corrected chi connectivity index (χ3v) is 4.83. The minimum atomic E-state index is -5.69. The molecule has 0 heterocycles. The van der Waals surface area contributed by atoms with E-state index in [0.29, 0.717) is 13.2 Å². The summed E-state index contributed by atoms with van der Waals surface area (Å²) >= 11 is 0. The van der Waals surface area contributed by atoms with Crippen LogP contribution in [0.1, 0.15) is 38.8 Å². The Labute approximate surface area is 188 Å². The number of alkyl halides is 6. The van der Waals surface area contributed by atoms with Crippen LogP contribution in [0, 0.1) is 0 Å². The van der Waals surface area contributed by atoms with Gasteiger partial charge < -0.3 is 18.9 Å². The number of rotatable bonds is 10. The number of halogens is 6. The van der Waals surface area contributed by atoms with Gasteiger partial charge >= 0.3 is 12.4 Å². The van der Waals surface area contributed by atoms with Crippen LogP contribution in [0.3, 0.4) is 0 Å². The molecule has 0 N–H and O–H groups in total. The molecule has 0 saturated carbocycles. The van der Waals surface area contributed by atoms with Gasteiger partial charge in [-0.3, -0.25) is 0 Å². The van der Waals surface area contributed by atoms with Crippen LogP contribution >= 0.6 is 0 Å². The fraction of sp³-hybridized carbons (Fsp3) is 0.478. The zero-order valence-corrected chi connectivity index (χ0v) is 18.6. The molecule has 0 saturated heterocycles. The topological polar surface area (TPSA) is 36.9 Å². The molecule has 0 bridgehead atoms. The zero-order valence-electron chi connectivity index (χ0n) is 18.6. The molecular weight excluding hydrogens is 454 g/mol. The van der Waals surface area contributed by atoms with Crippen molar-refractivity contribution in [1.29, 1.82) is 0 Å². The van der Waals surface area contributed by atoms with Crippen molar-refractivity contribution >= 4 is 0 Å².